The lowest BCUT2D eigenvalue weighted by molar-refractivity contribution is 0.224. The van der Waals surface area contributed by atoms with Crippen LogP contribution in [0, 0.1) is 6.92 Å². The summed E-state index contributed by atoms with van der Waals surface area (Å²) < 4.78 is 26.1. The van der Waals surface area contributed by atoms with Crippen LogP contribution in [0.4, 0.5) is 4.79 Å². The molecule has 0 saturated carbocycles. The zero-order chi connectivity index (χ0) is 17.7. The lowest BCUT2D eigenvalue weighted by Gasteiger charge is -2.21. The van der Waals surface area contributed by atoms with Gasteiger partial charge in [-0.3, -0.25) is 0 Å². The first-order chi connectivity index (χ1) is 11.4. The molecule has 2 aromatic rings. The number of hydrogen-bond acceptors (Lipinski definition) is 3. The zero-order valence-corrected chi connectivity index (χ0v) is 15.1. The average Bonchev–Trinajstić information content (AvgIpc) is 2.55. The van der Waals surface area contributed by atoms with Gasteiger partial charge >= 0.3 is 6.03 Å². The van der Waals surface area contributed by atoms with Crippen molar-refractivity contribution in [3.63, 3.8) is 0 Å². The Morgan fingerprint density at radius 1 is 1.12 bits per heavy atom. The Bertz CT molecular complexity index is 820. The predicted octanol–water partition coefficient (Wildman–Crippen LogP) is 3.57. The summed E-state index contributed by atoms with van der Waals surface area (Å²) >= 11 is 6.04. The molecular formula is C17H19ClN2O3S. The Morgan fingerprint density at radius 2 is 1.75 bits per heavy atom. The second-order valence-corrected chi connectivity index (χ2v) is 7.50. The van der Waals surface area contributed by atoms with Crippen molar-refractivity contribution in [1.29, 1.82) is 0 Å². The molecule has 2 aromatic carbocycles. The van der Waals surface area contributed by atoms with E-state index >= 15 is 0 Å². The van der Waals surface area contributed by atoms with Crippen LogP contribution in [-0.4, -0.2) is 25.3 Å². The minimum atomic E-state index is -3.89. The summed E-state index contributed by atoms with van der Waals surface area (Å²) in [5, 5.41) is 3.12. The number of benzene rings is 2. The molecule has 0 aliphatic carbocycles. The van der Waals surface area contributed by atoms with Crippen LogP contribution in [0.5, 0.6) is 0 Å². The van der Waals surface area contributed by atoms with Crippen molar-refractivity contribution < 1.29 is 13.2 Å². The summed E-state index contributed by atoms with van der Waals surface area (Å²) in [6.45, 7) is 3.66. The fraction of sp³-hybridized carbons (Fsp3) is 0.235. The molecule has 2 amide bonds. The maximum absolute atomic E-state index is 12.6. The normalized spacial score (nSPS) is 11.1. The smallest absolute Gasteiger partial charge is 0.331 e. The van der Waals surface area contributed by atoms with Crippen LogP contribution >= 0.6 is 11.6 Å². The summed E-state index contributed by atoms with van der Waals surface area (Å²) in [5.41, 5.74) is 1.66. The monoisotopic (exact) mass is 366 g/mol. The number of nitrogens with one attached hydrogen (secondary N) is 1. The van der Waals surface area contributed by atoms with Gasteiger partial charge in [0.25, 0.3) is 10.0 Å². The highest BCUT2D eigenvalue weighted by atomic mass is 35.5. The topological polar surface area (TPSA) is 66.5 Å². The predicted molar refractivity (Wildman–Crippen MR) is 94.4 cm³/mol. The summed E-state index contributed by atoms with van der Waals surface area (Å²) in [4.78, 5) is 12.4. The van der Waals surface area contributed by atoms with Crippen molar-refractivity contribution in [2.45, 2.75) is 25.3 Å². The lowest BCUT2D eigenvalue weighted by Crippen LogP contribution is -2.43. The maximum atomic E-state index is 12.6. The van der Waals surface area contributed by atoms with Crippen molar-refractivity contribution >= 4 is 27.7 Å². The molecule has 0 saturated heterocycles. The van der Waals surface area contributed by atoms with E-state index in [-0.39, 0.29) is 18.0 Å². The zero-order valence-electron chi connectivity index (χ0n) is 13.5. The number of hydrogen-bond donors (Lipinski definition) is 1. The number of carbonyl (C=O) groups is 1. The maximum Gasteiger partial charge on any atom is 0.331 e. The third-order valence-electron chi connectivity index (χ3n) is 3.51. The minimum Gasteiger partial charge on any atom is -0.333 e. The molecule has 2 rings (SSSR count). The molecule has 0 heterocycles. The number of carbonyl (C=O) groups excluding carboxylic acids is 1. The van der Waals surface area contributed by atoms with Crippen molar-refractivity contribution in [2.75, 3.05) is 6.54 Å². The first-order valence-electron chi connectivity index (χ1n) is 7.47. The van der Waals surface area contributed by atoms with Crippen molar-refractivity contribution in [2.24, 2.45) is 0 Å². The molecule has 5 nitrogen and oxygen atoms in total. The van der Waals surface area contributed by atoms with Gasteiger partial charge < -0.3 is 5.32 Å². The summed E-state index contributed by atoms with van der Waals surface area (Å²) in [6.07, 6.45) is 0. The number of aryl methyl sites for hydroxylation is 1. The van der Waals surface area contributed by atoms with E-state index in [4.69, 9.17) is 11.6 Å². The molecule has 0 atom stereocenters. The summed E-state index contributed by atoms with van der Waals surface area (Å²) in [7, 11) is -3.89. The highest BCUT2D eigenvalue weighted by molar-refractivity contribution is 7.89. The van der Waals surface area contributed by atoms with Gasteiger partial charge in [0.05, 0.1) is 4.90 Å². The second kappa shape index (κ2) is 7.68. The third-order valence-corrected chi connectivity index (χ3v) is 5.75. The van der Waals surface area contributed by atoms with Crippen LogP contribution in [0.25, 0.3) is 0 Å². The van der Waals surface area contributed by atoms with Gasteiger partial charge in [0.15, 0.2) is 0 Å². The highest BCUT2D eigenvalue weighted by Gasteiger charge is 2.27. The van der Waals surface area contributed by atoms with E-state index in [1.54, 1.807) is 43.3 Å². The van der Waals surface area contributed by atoms with Crippen LogP contribution < -0.4 is 5.32 Å². The minimum absolute atomic E-state index is 0.0323. The molecule has 0 aromatic heterocycles. The molecule has 0 unspecified atom stereocenters. The number of rotatable bonds is 5. The fourth-order valence-electron chi connectivity index (χ4n) is 2.16. The van der Waals surface area contributed by atoms with Crippen LogP contribution in [0.2, 0.25) is 5.02 Å². The van der Waals surface area contributed by atoms with Crippen LogP contribution in [0.15, 0.2) is 53.4 Å². The first kappa shape index (κ1) is 18.3. The molecule has 0 spiro atoms. The second-order valence-electron chi connectivity index (χ2n) is 5.23. The van der Waals surface area contributed by atoms with Crippen molar-refractivity contribution in [1.82, 2.24) is 9.62 Å². The van der Waals surface area contributed by atoms with E-state index in [1.165, 1.54) is 12.1 Å². The number of urea groups is 1. The van der Waals surface area contributed by atoms with Crippen molar-refractivity contribution in [3.05, 3.63) is 64.7 Å². The standard InChI is InChI=1S/C17H19ClN2O3S/c1-3-20(24(22,23)15-10-8-13(2)9-11-15)17(21)19-12-14-6-4-5-7-16(14)18/h4-11H,3,12H2,1-2H3,(H,19,21). The summed E-state index contributed by atoms with van der Waals surface area (Å²) in [6, 6.07) is 12.8. The van der Waals surface area contributed by atoms with Gasteiger partial charge in [0.2, 0.25) is 0 Å². The van der Waals surface area contributed by atoms with E-state index in [0.717, 1.165) is 15.4 Å². The van der Waals surface area contributed by atoms with Crippen LogP contribution in [0.1, 0.15) is 18.1 Å². The van der Waals surface area contributed by atoms with Gasteiger partial charge in [0, 0.05) is 18.1 Å². The van der Waals surface area contributed by atoms with Gasteiger partial charge in [-0.2, -0.15) is 0 Å². The van der Waals surface area contributed by atoms with Gasteiger partial charge in [-0.25, -0.2) is 17.5 Å². The first-order valence-corrected chi connectivity index (χ1v) is 9.28. The van der Waals surface area contributed by atoms with Gasteiger partial charge in [-0.05, 0) is 37.6 Å². The molecule has 7 heteroatoms. The Balaban J connectivity index is 2.16. The average molecular weight is 367 g/mol. The largest absolute Gasteiger partial charge is 0.333 e. The molecule has 24 heavy (non-hydrogen) atoms. The molecular weight excluding hydrogens is 348 g/mol. The molecule has 0 fully saturated rings. The Labute approximate surface area is 147 Å². The third kappa shape index (κ3) is 4.07. The fourth-order valence-corrected chi connectivity index (χ4v) is 3.72. The molecule has 0 radical (unpaired) electrons. The summed E-state index contributed by atoms with van der Waals surface area (Å²) in [5.74, 6) is 0. The van der Waals surface area contributed by atoms with Crippen LogP contribution in [0.3, 0.4) is 0 Å². The van der Waals surface area contributed by atoms with Gasteiger partial charge in [-0.15, -0.1) is 0 Å². The highest BCUT2D eigenvalue weighted by Crippen LogP contribution is 2.18. The van der Waals surface area contributed by atoms with E-state index in [2.05, 4.69) is 5.32 Å². The SMILES string of the molecule is CCN(C(=O)NCc1ccccc1Cl)S(=O)(=O)c1ccc(C)cc1. The lowest BCUT2D eigenvalue weighted by atomic mass is 10.2. The Kier molecular flexibility index (Phi) is 5.85. The van der Waals surface area contributed by atoms with E-state index in [1.807, 2.05) is 6.92 Å². The number of nitrogens with zero attached hydrogens (tertiary/aromatic N) is 1. The molecule has 1 N–H and O–H groups in total. The van der Waals surface area contributed by atoms with Gasteiger partial charge in [-0.1, -0.05) is 47.5 Å². The quantitative estimate of drug-likeness (QED) is 0.879. The van der Waals surface area contributed by atoms with E-state index < -0.39 is 16.1 Å². The number of amides is 2. The Hall–Kier alpha value is -2.05. The molecule has 128 valence electrons. The van der Waals surface area contributed by atoms with Crippen molar-refractivity contribution in [3.8, 4) is 0 Å². The van der Waals surface area contributed by atoms with E-state index in [9.17, 15) is 13.2 Å². The van der Waals surface area contributed by atoms with Gasteiger partial charge in [0.1, 0.15) is 0 Å². The van der Waals surface area contributed by atoms with E-state index in [0.29, 0.717) is 5.02 Å². The molecule has 0 aliphatic heterocycles. The number of halogens is 1. The number of sulfonamides is 1. The molecule has 0 aliphatic rings. The Morgan fingerprint density at radius 3 is 2.33 bits per heavy atom. The van der Waals surface area contributed by atoms with Crippen LogP contribution in [-0.2, 0) is 16.6 Å². The molecule has 0 bridgehead atoms.